The Kier molecular flexibility index (Phi) is 3.52. The van der Waals surface area contributed by atoms with Crippen molar-refractivity contribution >= 4 is 5.84 Å². The van der Waals surface area contributed by atoms with Gasteiger partial charge in [-0.25, -0.2) is 0 Å². The first-order chi connectivity index (χ1) is 8.70. The predicted octanol–water partition coefficient (Wildman–Crippen LogP) is 2.26. The second kappa shape index (κ2) is 5.27. The SMILES string of the molecule is Cc1ccc(C(N)=NO)c(OCc2ccco2)c1. The van der Waals surface area contributed by atoms with Gasteiger partial charge in [0.05, 0.1) is 11.8 Å². The molecule has 18 heavy (non-hydrogen) atoms. The maximum atomic E-state index is 8.72. The minimum atomic E-state index is 0.0180. The van der Waals surface area contributed by atoms with Crippen molar-refractivity contribution < 1.29 is 14.4 Å². The number of oxime groups is 1. The normalized spacial score (nSPS) is 11.5. The summed E-state index contributed by atoms with van der Waals surface area (Å²) < 4.78 is 10.8. The highest BCUT2D eigenvalue weighted by Gasteiger charge is 2.09. The lowest BCUT2D eigenvalue weighted by molar-refractivity contribution is 0.269. The molecule has 0 aliphatic rings. The number of hydrogen-bond donors (Lipinski definition) is 2. The summed E-state index contributed by atoms with van der Waals surface area (Å²) in [4.78, 5) is 0. The van der Waals surface area contributed by atoms with E-state index in [0.29, 0.717) is 23.7 Å². The fourth-order valence-electron chi connectivity index (χ4n) is 1.56. The molecule has 1 aromatic heterocycles. The van der Waals surface area contributed by atoms with E-state index in [0.717, 1.165) is 5.56 Å². The van der Waals surface area contributed by atoms with E-state index in [1.165, 1.54) is 0 Å². The van der Waals surface area contributed by atoms with Crippen molar-refractivity contribution in [1.29, 1.82) is 0 Å². The van der Waals surface area contributed by atoms with E-state index in [9.17, 15) is 0 Å². The molecule has 0 atom stereocenters. The average Bonchev–Trinajstić information content (AvgIpc) is 2.88. The Labute approximate surface area is 104 Å². The van der Waals surface area contributed by atoms with E-state index in [2.05, 4.69) is 5.16 Å². The van der Waals surface area contributed by atoms with E-state index >= 15 is 0 Å². The smallest absolute Gasteiger partial charge is 0.173 e. The molecule has 0 fully saturated rings. The van der Waals surface area contributed by atoms with Crippen molar-refractivity contribution in [2.24, 2.45) is 10.9 Å². The first kappa shape index (κ1) is 12.0. The van der Waals surface area contributed by atoms with Gasteiger partial charge in [-0.05, 0) is 36.8 Å². The summed E-state index contributed by atoms with van der Waals surface area (Å²) in [6, 6.07) is 9.06. The summed E-state index contributed by atoms with van der Waals surface area (Å²) in [5, 5.41) is 11.7. The van der Waals surface area contributed by atoms with Gasteiger partial charge in [-0.2, -0.15) is 0 Å². The number of furan rings is 1. The molecule has 1 heterocycles. The van der Waals surface area contributed by atoms with Gasteiger partial charge in [0.1, 0.15) is 18.1 Å². The fraction of sp³-hybridized carbons (Fsp3) is 0.154. The van der Waals surface area contributed by atoms with Crippen LogP contribution in [0.2, 0.25) is 0 Å². The Morgan fingerprint density at radius 2 is 2.28 bits per heavy atom. The first-order valence-corrected chi connectivity index (χ1v) is 5.44. The van der Waals surface area contributed by atoms with Crippen molar-refractivity contribution in [3.63, 3.8) is 0 Å². The average molecular weight is 246 g/mol. The van der Waals surface area contributed by atoms with Crippen LogP contribution in [-0.4, -0.2) is 11.0 Å². The molecule has 1 aromatic carbocycles. The quantitative estimate of drug-likeness (QED) is 0.375. The zero-order chi connectivity index (χ0) is 13.0. The molecule has 0 bridgehead atoms. The molecule has 2 rings (SSSR count). The molecule has 5 nitrogen and oxygen atoms in total. The Hall–Kier alpha value is -2.43. The maximum Gasteiger partial charge on any atom is 0.173 e. The number of hydrogen-bond acceptors (Lipinski definition) is 4. The molecular weight excluding hydrogens is 232 g/mol. The Balaban J connectivity index is 2.22. The number of rotatable bonds is 4. The molecule has 0 radical (unpaired) electrons. The molecule has 0 amide bonds. The molecule has 0 saturated carbocycles. The van der Waals surface area contributed by atoms with Gasteiger partial charge >= 0.3 is 0 Å². The largest absolute Gasteiger partial charge is 0.485 e. The van der Waals surface area contributed by atoms with Gasteiger partial charge in [0.15, 0.2) is 5.84 Å². The Bertz CT molecular complexity index is 547. The third-order valence-electron chi connectivity index (χ3n) is 2.47. The van der Waals surface area contributed by atoms with Crippen LogP contribution >= 0.6 is 0 Å². The lowest BCUT2D eigenvalue weighted by Gasteiger charge is -2.10. The summed E-state index contributed by atoms with van der Waals surface area (Å²) in [7, 11) is 0. The molecule has 0 spiro atoms. The Morgan fingerprint density at radius 1 is 1.44 bits per heavy atom. The minimum absolute atomic E-state index is 0.0180. The lowest BCUT2D eigenvalue weighted by Crippen LogP contribution is -2.15. The third kappa shape index (κ3) is 2.63. The number of amidine groups is 1. The van der Waals surface area contributed by atoms with E-state index in [-0.39, 0.29) is 5.84 Å². The van der Waals surface area contributed by atoms with Gasteiger partial charge < -0.3 is 20.1 Å². The van der Waals surface area contributed by atoms with Crippen molar-refractivity contribution in [2.45, 2.75) is 13.5 Å². The molecule has 3 N–H and O–H groups in total. The summed E-state index contributed by atoms with van der Waals surface area (Å²) in [5.41, 5.74) is 7.17. The molecule has 0 aliphatic carbocycles. The standard InChI is InChI=1S/C13H14N2O3/c1-9-4-5-11(13(14)15-16)12(7-9)18-8-10-3-2-6-17-10/h2-7,16H,8H2,1H3,(H2,14,15). The summed E-state index contributed by atoms with van der Waals surface area (Å²) in [6.07, 6.45) is 1.58. The van der Waals surface area contributed by atoms with Gasteiger partial charge in [-0.3, -0.25) is 0 Å². The van der Waals surface area contributed by atoms with Crippen molar-refractivity contribution in [3.8, 4) is 5.75 Å². The van der Waals surface area contributed by atoms with E-state index in [4.69, 9.17) is 20.1 Å². The van der Waals surface area contributed by atoms with Crippen LogP contribution in [0.4, 0.5) is 0 Å². The minimum Gasteiger partial charge on any atom is -0.485 e. The zero-order valence-corrected chi connectivity index (χ0v) is 9.96. The highest BCUT2D eigenvalue weighted by Crippen LogP contribution is 2.21. The zero-order valence-electron chi connectivity index (χ0n) is 9.96. The van der Waals surface area contributed by atoms with Crippen molar-refractivity contribution in [3.05, 3.63) is 53.5 Å². The lowest BCUT2D eigenvalue weighted by atomic mass is 10.1. The van der Waals surface area contributed by atoms with Crippen LogP contribution < -0.4 is 10.5 Å². The van der Waals surface area contributed by atoms with Crippen LogP contribution in [-0.2, 0) is 6.61 Å². The number of nitrogens with zero attached hydrogens (tertiary/aromatic N) is 1. The van der Waals surface area contributed by atoms with Crippen LogP contribution in [0, 0.1) is 6.92 Å². The second-order valence-electron chi connectivity index (χ2n) is 3.85. The summed E-state index contributed by atoms with van der Waals surface area (Å²) in [6.45, 7) is 2.23. The van der Waals surface area contributed by atoms with Gasteiger partial charge in [0, 0.05) is 0 Å². The van der Waals surface area contributed by atoms with Crippen LogP contribution in [0.3, 0.4) is 0 Å². The van der Waals surface area contributed by atoms with Crippen LogP contribution in [0.15, 0.2) is 46.2 Å². The monoisotopic (exact) mass is 246 g/mol. The number of nitrogens with two attached hydrogens (primary N) is 1. The van der Waals surface area contributed by atoms with Crippen molar-refractivity contribution in [1.82, 2.24) is 0 Å². The first-order valence-electron chi connectivity index (χ1n) is 5.44. The summed E-state index contributed by atoms with van der Waals surface area (Å²) >= 11 is 0. The van der Waals surface area contributed by atoms with E-state index < -0.39 is 0 Å². The topological polar surface area (TPSA) is 81.0 Å². The fourth-order valence-corrected chi connectivity index (χ4v) is 1.56. The maximum absolute atomic E-state index is 8.72. The van der Waals surface area contributed by atoms with E-state index in [1.54, 1.807) is 18.4 Å². The number of ether oxygens (including phenoxy) is 1. The van der Waals surface area contributed by atoms with Crippen LogP contribution in [0.1, 0.15) is 16.9 Å². The number of benzene rings is 1. The number of aryl methyl sites for hydroxylation is 1. The molecule has 94 valence electrons. The second-order valence-corrected chi connectivity index (χ2v) is 3.85. The van der Waals surface area contributed by atoms with Crippen LogP contribution in [0.5, 0.6) is 5.75 Å². The molecule has 2 aromatic rings. The highest BCUT2D eigenvalue weighted by molar-refractivity contribution is 5.99. The predicted molar refractivity (Wildman–Crippen MR) is 66.7 cm³/mol. The highest BCUT2D eigenvalue weighted by atomic mass is 16.5. The van der Waals surface area contributed by atoms with E-state index in [1.807, 2.05) is 25.1 Å². The molecule has 0 unspecified atom stereocenters. The van der Waals surface area contributed by atoms with Gasteiger partial charge in [-0.1, -0.05) is 11.2 Å². The van der Waals surface area contributed by atoms with Crippen LogP contribution in [0.25, 0.3) is 0 Å². The van der Waals surface area contributed by atoms with Crippen molar-refractivity contribution in [2.75, 3.05) is 0 Å². The Morgan fingerprint density at radius 3 is 2.94 bits per heavy atom. The molecule has 0 saturated heterocycles. The van der Waals surface area contributed by atoms with Gasteiger partial charge in [-0.15, -0.1) is 0 Å². The molecular formula is C13H14N2O3. The third-order valence-corrected chi connectivity index (χ3v) is 2.47. The molecule has 5 heteroatoms. The molecule has 0 aliphatic heterocycles. The van der Waals surface area contributed by atoms with Gasteiger partial charge in [0.2, 0.25) is 0 Å². The van der Waals surface area contributed by atoms with Gasteiger partial charge in [0.25, 0.3) is 0 Å². The summed E-state index contributed by atoms with van der Waals surface area (Å²) in [5.74, 6) is 1.29.